The van der Waals surface area contributed by atoms with Crippen LogP contribution in [-0.4, -0.2) is 37.9 Å². The van der Waals surface area contributed by atoms with Crippen molar-refractivity contribution in [2.75, 3.05) is 19.8 Å². The molecule has 3 rings (SSSR count). The standard InChI is InChI=1S/C17H21ClFNO3/c18-13-2-1-3-14(19)12(13)8-17(21)20-15-10-22-7-6-16(15)23-9-11-4-5-11/h1-3,11,15-16H,4-10H2,(H,20,21)/t15-,16+/m1/s1. The van der Waals surface area contributed by atoms with Crippen LogP contribution in [0.3, 0.4) is 0 Å². The summed E-state index contributed by atoms with van der Waals surface area (Å²) in [5, 5.41) is 3.17. The van der Waals surface area contributed by atoms with Crippen molar-refractivity contribution < 1.29 is 18.7 Å². The fraction of sp³-hybridized carbons (Fsp3) is 0.588. The van der Waals surface area contributed by atoms with Gasteiger partial charge in [0.15, 0.2) is 0 Å². The molecule has 6 heteroatoms. The minimum Gasteiger partial charge on any atom is -0.379 e. The molecule has 1 aromatic carbocycles. The summed E-state index contributed by atoms with van der Waals surface area (Å²) in [6.45, 7) is 1.81. The van der Waals surface area contributed by atoms with E-state index < -0.39 is 5.82 Å². The Bertz CT molecular complexity index is 545. The van der Waals surface area contributed by atoms with Crippen LogP contribution in [-0.2, 0) is 20.7 Å². The first-order valence-corrected chi connectivity index (χ1v) is 8.43. The van der Waals surface area contributed by atoms with Crippen molar-refractivity contribution >= 4 is 17.5 Å². The summed E-state index contributed by atoms with van der Waals surface area (Å²) in [7, 11) is 0. The molecule has 23 heavy (non-hydrogen) atoms. The third-order valence-electron chi connectivity index (χ3n) is 4.28. The van der Waals surface area contributed by atoms with Crippen molar-refractivity contribution in [2.24, 2.45) is 5.92 Å². The van der Waals surface area contributed by atoms with Gasteiger partial charge in [0, 0.05) is 23.8 Å². The Morgan fingerprint density at radius 1 is 1.39 bits per heavy atom. The molecule has 1 N–H and O–H groups in total. The maximum Gasteiger partial charge on any atom is 0.224 e. The van der Waals surface area contributed by atoms with E-state index >= 15 is 0 Å². The van der Waals surface area contributed by atoms with Gasteiger partial charge in [-0.05, 0) is 37.3 Å². The lowest BCUT2D eigenvalue weighted by Crippen LogP contribution is -2.51. The first-order chi connectivity index (χ1) is 11.1. The van der Waals surface area contributed by atoms with Crippen LogP contribution in [0.5, 0.6) is 0 Å². The van der Waals surface area contributed by atoms with Gasteiger partial charge in [-0.2, -0.15) is 0 Å². The van der Waals surface area contributed by atoms with Gasteiger partial charge in [0.25, 0.3) is 0 Å². The van der Waals surface area contributed by atoms with Crippen LogP contribution in [0.4, 0.5) is 4.39 Å². The van der Waals surface area contributed by atoms with E-state index in [1.54, 1.807) is 6.07 Å². The Morgan fingerprint density at radius 2 is 2.22 bits per heavy atom. The Kier molecular flexibility index (Phi) is 5.51. The van der Waals surface area contributed by atoms with E-state index in [4.69, 9.17) is 21.1 Å². The quantitative estimate of drug-likeness (QED) is 0.865. The summed E-state index contributed by atoms with van der Waals surface area (Å²) in [6.07, 6.45) is 3.09. The first-order valence-electron chi connectivity index (χ1n) is 8.05. The molecule has 1 aliphatic heterocycles. The van der Waals surface area contributed by atoms with E-state index in [2.05, 4.69) is 5.32 Å². The van der Waals surface area contributed by atoms with Crippen LogP contribution in [0.2, 0.25) is 5.02 Å². The first kappa shape index (κ1) is 16.7. The minimum atomic E-state index is -0.464. The Morgan fingerprint density at radius 3 is 2.96 bits per heavy atom. The minimum absolute atomic E-state index is 0.0376. The van der Waals surface area contributed by atoms with Crippen LogP contribution in [0.25, 0.3) is 0 Å². The zero-order valence-electron chi connectivity index (χ0n) is 12.9. The normalized spacial score (nSPS) is 24.4. The molecule has 126 valence electrons. The fourth-order valence-corrected chi connectivity index (χ4v) is 2.95. The smallest absolute Gasteiger partial charge is 0.224 e. The van der Waals surface area contributed by atoms with Gasteiger partial charge < -0.3 is 14.8 Å². The van der Waals surface area contributed by atoms with E-state index in [0.29, 0.717) is 19.1 Å². The lowest BCUT2D eigenvalue weighted by molar-refractivity contribution is -0.125. The summed E-state index contributed by atoms with van der Waals surface area (Å²) in [5.41, 5.74) is 0.221. The van der Waals surface area contributed by atoms with E-state index in [0.717, 1.165) is 13.0 Å². The highest BCUT2D eigenvalue weighted by atomic mass is 35.5. The van der Waals surface area contributed by atoms with Crippen molar-refractivity contribution in [3.8, 4) is 0 Å². The van der Waals surface area contributed by atoms with Crippen molar-refractivity contribution in [1.82, 2.24) is 5.32 Å². The van der Waals surface area contributed by atoms with Crippen LogP contribution in [0.1, 0.15) is 24.8 Å². The number of rotatable bonds is 6. The Labute approximate surface area is 140 Å². The van der Waals surface area contributed by atoms with Crippen LogP contribution >= 0.6 is 11.6 Å². The predicted octanol–water partition coefficient (Wildman–Crippen LogP) is 2.72. The number of halogens is 2. The van der Waals surface area contributed by atoms with Gasteiger partial charge in [0.05, 0.1) is 25.2 Å². The Hall–Kier alpha value is -1.17. The van der Waals surface area contributed by atoms with Crippen LogP contribution in [0.15, 0.2) is 18.2 Å². The number of carbonyl (C=O) groups excluding carboxylic acids is 1. The highest BCUT2D eigenvalue weighted by Crippen LogP contribution is 2.30. The topological polar surface area (TPSA) is 47.6 Å². The molecule has 4 nitrogen and oxygen atoms in total. The molecule has 2 fully saturated rings. The molecule has 1 aliphatic carbocycles. The number of benzene rings is 1. The average Bonchev–Trinajstić information content (AvgIpc) is 3.34. The SMILES string of the molecule is O=C(Cc1c(F)cccc1Cl)N[C@@H]1COCC[C@@H]1OCC1CC1. The van der Waals surface area contributed by atoms with Gasteiger partial charge in [-0.3, -0.25) is 4.79 Å². The van der Waals surface area contributed by atoms with Crippen molar-refractivity contribution in [1.29, 1.82) is 0 Å². The third kappa shape index (κ3) is 4.66. The second kappa shape index (κ2) is 7.60. The molecule has 0 spiro atoms. The highest BCUT2D eigenvalue weighted by molar-refractivity contribution is 6.31. The number of hydrogen-bond acceptors (Lipinski definition) is 3. The van der Waals surface area contributed by atoms with Gasteiger partial charge in [-0.1, -0.05) is 17.7 Å². The Balaban J connectivity index is 1.56. The molecular weight excluding hydrogens is 321 g/mol. The second-order valence-electron chi connectivity index (χ2n) is 6.23. The van der Waals surface area contributed by atoms with Crippen molar-refractivity contribution in [3.05, 3.63) is 34.6 Å². The average molecular weight is 342 g/mol. The van der Waals surface area contributed by atoms with E-state index in [1.165, 1.54) is 25.0 Å². The van der Waals surface area contributed by atoms with Crippen molar-refractivity contribution in [3.63, 3.8) is 0 Å². The lowest BCUT2D eigenvalue weighted by atomic mass is 10.1. The van der Waals surface area contributed by atoms with Gasteiger partial charge >= 0.3 is 0 Å². The van der Waals surface area contributed by atoms with Crippen LogP contribution in [0, 0.1) is 11.7 Å². The zero-order chi connectivity index (χ0) is 16.2. The molecule has 0 aromatic heterocycles. The fourth-order valence-electron chi connectivity index (χ4n) is 2.72. The molecule has 0 unspecified atom stereocenters. The lowest BCUT2D eigenvalue weighted by Gasteiger charge is -2.32. The molecule has 2 atom stereocenters. The third-order valence-corrected chi connectivity index (χ3v) is 4.64. The molecule has 1 saturated carbocycles. The summed E-state index contributed by atoms with van der Waals surface area (Å²) >= 11 is 5.97. The monoisotopic (exact) mass is 341 g/mol. The molecule has 1 amide bonds. The molecule has 0 bridgehead atoms. The van der Waals surface area contributed by atoms with Gasteiger partial charge in [0.2, 0.25) is 5.91 Å². The molecule has 1 saturated heterocycles. The largest absolute Gasteiger partial charge is 0.379 e. The number of carbonyl (C=O) groups is 1. The maximum absolute atomic E-state index is 13.8. The molecule has 1 heterocycles. The molecular formula is C17H21ClFNO3. The summed E-state index contributed by atoms with van der Waals surface area (Å²) < 4.78 is 25.1. The van der Waals surface area contributed by atoms with E-state index in [9.17, 15) is 9.18 Å². The summed E-state index contributed by atoms with van der Waals surface area (Å²) in [4.78, 5) is 12.2. The van der Waals surface area contributed by atoms with Gasteiger partial charge in [-0.15, -0.1) is 0 Å². The van der Waals surface area contributed by atoms with Crippen LogP contribution < -0.4 is 5.32 Å². The predicted molar refractivity (Wildman–Crippen MR) is 84.9 cm³/mol. The van der Waals surface area contributed by atoms with Gasteiger partial charge in [-0.25, -0.2) is 4.39 Å². The second-order valence-corrected chi connectivity index (χ2v) is 6.64. The summed E-state index contributed by atoms with van der Waals surface area (Å²) in [6, 6.07) is 4.22. The molecule has 0 radical (unpaired) electrons. The number of hydrogen-bond donors (Lipinski definition) is 1. The maximum atomic E-state index is 13.8. The van der Waals surface area contributed by atoms with E-state index in [-0.39, 0.29) is 35.1 Å². The molecule has 2 aliphatic rings. The summed E-state index contributed by atoms with van der Waals surface area (Å²) in [5.74, 6) is -0.0620. The van der Waals surface area contributed by atoms with E-state index in [1.807, 2.05) is 0 Å². The number of amides is 1. The molecule has 1 aromatic rings. The van der Waals surface area contributed by atoms with Crippen molar-refractivity contribution in [2.45, 2.75) is 37.8 Å². The zero-order valence-corrected chi connectivity index (χ0v) is 13.7. The van der Waals surface area contributed by atoms with Gasteiger partial charge in [0.1, 0.15) is 5.82 Å². The highest BCUT2D eigenvalue weighted by Gasteiger charge is 2.30. The number of nitrogens with one attached hydrogen (secondary N) is 1. The number of ether oxygens (including phenoxy) is 2.